The topological polar surface area (TPSA) is 113 Å². The number of para-hydroxylation sites is 2. The van der Waals surface area contributed by atoms with Gasteiger partial charge in [0.2, 0.25) is 5.88 Å². The van der Waals surface area contributed by atoms with Gasteiger partial charge in [0.1, 0.15) is 19.0 Å². The Balaban J connectivity index is 0.00000342. The molecule has 0 atom stereocenters. The number of hydrogen-bond donors (Lipinski definition) is 1. The minimum absolute atomic E-state index is 0. The number of amides is 1. The number of halogens is 2. The maximum Gasteiger partial charge on any atom is 1.00 e. The Kier molecular flexibility index (Phi) is 8.96. The van der Waals surface area contributed by atoms with Gasteiger partial charge in [0.15, 0.2) is 0 Å². The van der Waals surface area contributed by atoms with E-state index in [9.17, 15) is 14.7 Å². The first-order valence-corrected chi connectivity index (χ1v) is 10.8. The molecule has 0 saturated carbocycles. The molecule has 0 saturated heterocycles. The van der Waals surface area contributed by atoms with Crippen molar-refractivity contribution in [1.82, 2.24) is 9.97 Å². The first kappa shape index (κ1) is 26.3. The molecule has 4 rings (SSSR count). The van der Waals surface area contributed by atoms with Gasteiger partial charge < -0.3 is 24.7 Å². The van der Waals surface area contributed by atoms with E-state index in [4.69, 9.17) is 32.7 Å². The Morgan fingerprint density at radius 2 is 1.66 bits per heavy atom. The summed E-state index contributed by atoms with van der Waals surface area (Å²) in [6.07, 6.45) is 1.51. The summed E-state index contributed by atoms with van der Waals surface area (Å²) in [5, 5.41) is 14.6. The molecule has 3 aromatic carbocycles. The zero-order valence-electron chi connectivity index (χ0n) is 18.5. The summed E-state index contributed by atoms with van der Waals surface area (Å²) in [7, 11) is 0. The largest absolute Gasteiger partial charge is 1.00 e. The first-order valence-electron chi connectivity index (χ1n) is 10.00. The summed E-state index contributed by atoms with van der Waals surface area (Å²) in [5.74, 6) is -1.47. The van der Waals surface area contributed by atoms with Crippen molar-refractivity contribution in [2.75, 3.05) is 18.5 Å². The molecular formula is C24H16Cl2LiN3O5. The van der Waals surface area contributed by atoms with Crippen molar-refractivity contribution in [3.05, 3.63) is 88.0 Å². The first-order chi connectivity index (χ1) is 16.4. The van der Waals surface area contributed by atoms with Crippen molar-refractivity contribution >= 4 is 51.8 Å². The summed E-state index contributed by atoms with van der Waals surface area (Å²) >= 11 is 11.9. The Hall–Kier alpha value is -3.28. The van der Waals surface area contributed by atoms with Gasteiger partial charge >= 0.3 is 18.9 Å². The van der Waals surface area contributed by atoms with Crippen molar-refractivity contribution in [1.29, 1.82) is 0 Å². The van der Waals surface area contributed by atoms with Gasteiger partial charge in [0, 0.05) is 10.6 Å². The molecule has 35 heavy (non-hydrogen) atoms. The fourth-order valence-corrected chi connectivity index (χ4v) is 3.56. The fraction of sp³-hybridized carbons (Fsp3) is 0.0833. The van der Waals surface area contributed by atoms with E-state index in [0.717, 1.165) is 5.52 Å². The zero-order valence-corrected chi connectivity index (χ0v) is 20.0. The number of nitrogens with one attached hydrogen (secondary N) is 1. The smallest absolute Gasteiger partial charge is 0.545 e. The van der Waals surface area contributed by atoms with Crippen molar-refractivity contribution < 1.29 is 43.0 Å². The molecule has 1 N–H and O–H groups in total. The van der Waals surface area contributed by atoms with Crippen LogP contribution >= 0.6 is 23.2 Å². The van der Waals surface area contributed by atoms with Crippen molar-refractivity contribution in [2.24, 2.45) is 0 Å². The number of rotatable bonds is 8. The molecule has 11 heteroatoms. The molecule has 0 aliphatic heterocycles. The summed E-state index contributed by atoms with van der Waals surface area (Å²) in [6.45, 7) is 0.272. The molecule has 1 aromatic heterocycles. The van der Waals surface area contributed by atoms with Gasteiger partial charge in [0.25, 0.3) is 5.91 Å². The molecule has 0 bridgehead atoms. The standard InChI is InChI=1S/C24H17Cl2N3O5.Li/c25-14-5-7-16(18(26)11-14)23(30)29-19-8-6-15(12-17(19)24(31)32)33-9-10-34-22-13-27-20-3-1-2-4-21(20)28-22;/h1-8,11-13H,9-10H2,(H,29,30)(H,31,32);/q;+1/p-1. The Bertz CT molecular complexity index is 1390. The number of carboxylic acid groups (broad SMARTS) is 1. The average Bonchev–Trinajstić information content (AvgIpc) is 2.82. The van der Waals surface area contributed by atoms with E-state index in [0.29, 0.717) is 16.4 Å². The van der Waals surface area contributed by atoms with Gasteiger partial charge in [-0.05, 0) is 48.5 Å². The number of carbonyl (C=O) groups is 2. The van der Waals surface area contributed by atoms with Gasteiger partial charge in [-0.2, -0.15) is 0 Å². The maximum absolute atomic E-state index is 12.5. The summed E-state index contributed by atoms with van der Waals surface area (Å²) in [6, 6.07) is 15.9. The number of hydrogen-bond acceptors (Lipinski definition) is 7. The number of anilines is 1. The van der Waals surface area contributed by atoms with Crippen LogP contribution in [0, 0.1) is 0 Å². The van der Waals surface area contributed by atoms with E-state index in [1.165, 1.54) is 42.6 Å². The molecule has 0 radical (unpaired) electrons. The number of nitrogens with zero attached hydrogens (tertiary/aromatic N) is 2. The summed E-state index contributed by atoms with van der Waals surface area (Å²) < 4.78 is 11.1. The van der Waals surface area contributed by atoms with Crippen LogP contribution in [0.25, 0.3) is 11.0 Å². The number of carboxylic acids is 1. The van der Waals surface area contributed by atoms with Gasteiger partial charge in [-0.1, -0.05) is 35.3 Å². The van der Waals surface area contributed by atoms with Crippen LogP contribution in [0.3, 0.4) is 0 Å². The van der Waals surface area contributed by atoms with Crippen LogP contribution in [0.2, 0.25) is 10.0 Å². The molecule has 4 aromatic rings. The van der Waals surface area contributed by atoms with E-state index in [-0.39, 0.29) is 59.7 Å². The second-order valence-corrected chi connectivity index (χ2v) is 7.81. The third-order valence-corrected chi connectivity index (χ3v) is 5.21. The Morgan fingerprint density at radius 1 is 0.914 bits per heavy atom. The van der Waals surface area contributed by atoms with Crippen LogP contribution in [0.5, 0.6) is 11.6 Å². The van der Waals surface area contributed by atoms with Gasteiger partial charge in [0.05, 0.1) is 39.5 Å². The fourth-order valence-electron chi connectivity index (χ4n) is 3.07. The number of aromatic carboxylic acids is 1. The van der Waals surface area contributed by atoms with Crippen molar-refractivity contribution in [2.45, 2.75) is 0 Å². The Morgan fingerprint density at radius 3 is 2.40 bits per heavy atom. The molecule has 0 aliphatic carbocycles. The van der Waals surface area contributed by atoms with E-state index >= 15 is 0 Å². The summed E-state index contributed by atoms with van der Waals surface area (Å²) in [4.78, 5) is 32.8. The molecule has 0 fully saturated rings. The van der Waals surface area contributed by atoms with Crippen molar-refractivity contribution in [3.8, 4) is 11.6 Å². The minimum atomic E-state index is -1.48. The molecule has 0 aliphatic rings. The van der Waals surface area contributed by atoms with Crippen LogP contribution in [-0.2, 0) is 0 Å². The quantitative estimate of drug-likeness (QED) is 0.282. The second kappa shape index (κ2) is 11.9. The van der Waals surface area contributed by atoms with E-state index in [1.54, 1.807) is 0 Å². The molecule has 8 nitrogen and oxygen atoms in total. The van der Waals surface area contributed by atoms with Gasteiger partial charge in [-0.15, -0.1) is 0 Å². The normalized spacial score (nSPS) is 10.3. The van der Waals surface area contributed by atoms with Gasteiger partial charge in [-0.25, -0.2) is 9.97 Å². The van der Waals surface area contributed by atoms with Gasteiger partial charge in [-0.3, -0.25) is 4.79 Å². The molecule has 172 valence electrons. The van der Waals surface area contributed by atoms with Crippen molar-refractivity contribution in [3.63, 3.8) is 0 Å². The Labute approximate surface area is 222 Å². The van der Waals surface area contributed by atoms with Crippen LogP contribution < -0.4 is 38.8 Å². The van der Waals surface area contributed by atoms with E-state index in [1.807, 2.05) is 24.3 Å². The molecule has 0 unspecified atom stereocenters. The minimum Gasteiger partial charge on any atom is -0.545 e. The molecule has 1 amide bonds. The predicted molar refractivity (Wildman–Crippen MR) is 126 cm³/mol. The molecular weight excluding hydrogens is 488 g/mol. The van der Waals surface area contributed by atoms with Crippen LogP contribution in [0.4, 0.5) is 5.69 Å². The molecule has 0 spiro atoms. The average molecular weight is 504 g/mol. The van der Waals surface area contributed by atoms with Crippen LogP contribution in [-0.4, -0.2) is 35.1 Å². The predicted octanol–water partition coefficient (Wildman–Crippen LogP) is 1.01. The number of carbonyl (C=O) groups excluding carboxylic acids is 2. The zero-order chi connectivity index (χ0) is 24.1. The summed E-state index contributed by atoms with van der Waals surface area (Å²) in [5.41, 5.74) is 1.39. The number of benzene rings is 3. The van der Waals surface area contributed by atoms with Crippen LogP contribution in [0.1, 0.15) is 20.7 Å². The third kappa shape index (κ3) is 6.65. The molecule has 1 heterocycles. The monoisotopic (exact) mass is 503 g/mol. The SMILES string of the molecule is O=C(Nc1ccc(OCCOc2cnc3ccccc3n2)cc1C(=O)[O-])c1ccc(Cl)cc1Cl.[Li+]. The number of fused-ring (bicyclic) bond motifs is 1. The second-order valence-electron chi connectivity index (χ2n) is 6.97. The number of aromatic nitrogens is 2. The third-order valence-electron chi connectivity index (χ3n) is 4.66. The number of ether oxygens (including phenoxy) is 2. The van der Waals surface area contributed by atoms with Crippen LogP contribution in [0.15, 0.2) is 66.9 Å². The van der Waals surface area contributed by atoms with E-state index < -0.39 is 11.9 Å². The maximum atomic E-state index is 12.5. The van der Waals surface area contributed by atoms with E-state index in [2.05, 4.69) is 15.3 Å².